The zero-order chi connectivity index (χ0) is 14.6. The van der Waals surface area contributed by atoms with E-state index in [0.717, 1.165) is 0 Å². The van der Waals surface area contributed by atoms with E-state index in [1.807, 2.05) is 6.92 Å². The van der Waals surface area contributed by atoms with E-state index in [9.17, 15) is 8.42 Å². The fourth-order valence-corrected chi connectivity index (χ4v) is 3.46. The molecule has 0 fully saturated rings. The van der Waals surface area contributed by atoms with Crippen LogP contribution in [0.2, 0.25) is 0 Å². The molecule has 0 spiro atoms. The monoisotopic (exact) mass is 295 g/mol. The Morgan fingerprint density at radius 2 is 1.95 bits per heavy atom. The summed E-state index contributed by atoms with van der Waals surface area (Å²) < 4.78 is 35.6. The van der Waals surface area contributed by atoms with Crippen LogP contribution >= 0.6 is 0 Å². The van der Waals surface area contributed by atoms with Gasteiger partial charge in [0, 0.05) is 6.54 Å². The lowest BCUT2D eigenvalue weighted by atomic mass is 10.3. The molecule has 0 bridgehead atoms. The van der Waals surface area contributed by atoms with Gasteiger partial charge in [0.05, 0.1) is 17.8 Å². The quantitative estimate of drug-likeness (QED) is 0.883. The molecule has 0 amide bonds. The first kappa shape index (κ1) is 14.6. The maximum atomic E-state index is 12.6. The lowest BCUT2D eigenvalue weighted by Gasteiger charge is -2.14. The summed E-state index contributed by atoms with van der Waals surface area (Å²) in [5.41, 5.74) is 5.60. The molecule has 0 saturated heterocycles. The van der Waals surface area contributed by atoms with E-state index in [0.29, 0.717) is 18.1 Å². The second kappa shape index (κ2) is 6.11. The van der Waals surface area contributed by atoms with Crippen LogP contribution in [0, 0.1) is 0 Å². The summed E-state index contributed by atoms with van der Waals surface area (Å²) in [6.45, 7) is 2.36. The molecule has 0 aliphatic heterocycles. The van der Waals surface area contributed by atoms with E-state index in [2.05, 4.69) is 0 Å². The molecule has 20 heavy (non-hydrogen) atoms. The second-order valence-electron chi connectivity index (χ2n) is 4.19. The zero-order valence-corrected chi connectivity index (χ0v) is 12.0. The number of ether oxygens (including phenoxy) is 1. The van der Waals surface area contributed by atoms with Gasteiger partial charge in [-0.2, -0.15) is 0 Å². The summed E-state index contributed by atoms with van der Waals surface area (Å²) in [5.74, 6) is 0.982. The molecule has 0 aliphatic rings. The highest BCUT2D eigenvalue weighted by Gasteiger charge is 2.30. The fourth-order valence-electron chi connectivity index (χ4n) is 1.93. The number of benzene rings is 1. The van der Waals surface area contributed by atoms with E-state index >= 15 is 0 Å². The van der Waals surface area contributed by atoms with Crippen molar-refractivity contribution in [2.75, 3.05) is 13.2 Å². The van der Waals surface area contributed by atoms with Crippen molar-refractivity contribution in [3.05, 3.63) is 48.4 Å². The Kier molecular flexibility index (Phi) is 4.46. The molecule has 2 aromatic rings. The van der Waals surface area contributed by atoms with Gasteiger partial charge >= 0.3 is 0 Å². The predicted octanol–water partition coefficient (Wildman–Crippen LogP) is 2.15. The molecule has 1 atom stereocenters. The number of sulfone groups is 1. The van der Waals surface area contributed by atoms with Crippen LogP contribution in [0.5, 0.6) is 5.75 Å². The average molecular weight is 295 g/mol. The normalized spacial score (nSPS) is 13.1. The number of rotatable bonds is 6. The molecule has 2 N–H and O–H groups in total. The fraction of sp³-hybridized carbons (Fsp3) is 0.286. The van der Waals surface area contributed by atoms with E-state index in [4.69, 9.17) is 14.9 Å². The summed E-state index contributed by atoms with van der Waals surface area (Å²) >= 11 is 0. The SMILES string of the molecule is CCOc1ccc(S(=O)(=O)C(CN)c2ccco2)cc1. The van der Waals surface area contributed by atoms with Crippen LogP contribution < -0.4 is 10.5 Å². The molecule has 0 saturated carbocycles. The highest BCUT2D eigenvalue weighted by molar-refractivity contribution is 7.91. The van der Waals surface area contributed by atoms with Crippen LogP contribution in [-0.4, -0.2) is 21.6 Å². The summed E-state index contributed by atoms with van der Waals surface area (Å²) in [7, 11) is -3.58. The Morgan fingerprint density at radius 3 is 2.45 bits per heavy atom. The predicted molar refractivity (Wildman–Crippen MR) is 75.3 cm³/mol. The molecular weight excluding hydrogens is 278 g/mol. The first-order valence-electron chi connectivity index (χ1n) is 6.29. The maximum Gasteiger partial charge on any atom is 0.189 e. The van der Waals surface area contributed by atoms with Crippen LogP contribution in [0.1, 0.15) is 17.9 Å². The Balaban J connectivity index is 2.33. The molecule has 1 aromatic carbocycles. The second-order valence-corrected chi connectivity index (χ2v) is 6.32. The number of nitrogens with two attached hydrogens (primary N) is 1. The first-order valence-corrected chi connectivity index (χ1v) is 7.84. The number of hydrogen-bond acceptors (Lipinski definition) is 5. The smallest absolute Gasteiger partial charge is 0.189 e. The van der Waals surface area contributed by atoms with E-state index in [-0.39, 0.29) is 11.4 Å². The van der Waals surface area contributed by atoms with E-state index in [1.54, 1.807) is 24.3 Å². The molecule has 108 valence electrons. The van der Waals surface area contributed by atoms with Gasteiger partial charge in [0.15, 0.2) is 9.84 Å². The van der Waals surface area contributed by atoms with Gasteiger partial charge in [0.2, 0.25) is 0 Å². The molecule has 0 aliphatic carbocycles. The van der Waals surface area contributed by atoms with Gasteiger partial charge in [-0.15, -0.1) is 0 Å². The van der Waals surface area contributed by atoms with Gasteiger partial charge in [-0.1, -0.05) is 0 Å². The van der Waals surface area contributed by atoms with Crippen molar-refractivity contribution in [2.45, 2.75) is 17.1 Å². The van der Waals surface area contributed by atoms with Gasteiger partial charge in [-0.05, 0) is 43.3 Å². The minimum Gasteiger partial charge on any atom is -0.494 e. The summed E-state index contributed by atoms with van der Waals surface area (Å²) in [6, 6.07) is 9.56. The van der Waals surface area contributed by atoms with Gasteiger partial charge in [-0.25, -0.2) is 8.42 Å². The number of furan rings is 1. The molecular formula is C14H17NO4S. The zero-order valence-electron chi connectivity index (χ0n) is 11.2. The Morgan fingerprint density at radius 1 is 1.25 bits per heavy atom. The lowest BCUT2D eigenvalue weighted by molar-refractivity contribution is 0.340. The Labute approximate surface area is 118 Å². The van der Waals surface area contributed by atoms with Gasteiger partial charge in [0.25, 0.3) is 0 Å². The summed E-state index contributed by atoms with van der Waals surface area (Å²) in [5, 5.41) is -0.879. The van der Waals surface area contributed by atoms with Gasteiger partial charge in [0.1, 0.15) is 16.8 Å². The van der Waals surface area contributed by atoms with Crippen molar-refractivity contribution >= 4 is 9.84 Å². The molecule has 1 aromatic heterocycles. The van der Waals surface area contributed by atoms with Crippen molar-refractivity contribution < 1.29 is 17.6 Å². The van der Waals surface area contributed by atoms with Crippen LogP contribution in [-0.2, 0) is 9.84 Å². The molecule has 5 nitrogen and oxygen atoms in total. The highest BCUT2D eigenvalue weighted by atomic mass is 32.2. The topological polar surface area (TPSA) is 82.5 Å². The molecule has 1 heterocycles. The third-order valence-electron chi connectivity index (χ3n) is 2.91. The van der Waals surface area contributed by atoms with Crippen molar-refractivity contribution in [3.8, 4) is 5.75 Å². The molecule has 6 heteroatoms. The largest absolute Gasteiger partial charge is 0.494 e. The minimum absolute atomic E-state index is 0.0386. The van der Waals surface area contributed by atoms with Crippen molar-refractivity contribution in [2.24, 2.45) is 5.73 Å². The van der Waals surface area contributed by atoms with Crippen molar-refractivity contribution in [1.82, 2.24) is 0 Å². The summed E-state index contributed by atoms with van der Waals surface area (Å²) in [4.78, 5) is 0.202. The molecule has 2 rings (SSSR count). The first-order chi connectivity index (χ1) is 9.59. The van der Waals surface area contributed by atoms with E-state index < -0.39 is 15.1 Å². The lowest BCUT2D eigenvalue weighted by Crippen LogP contribution is -2.21. The third-order valence-corrected chi connectivity index (χ3v) is 5.02. The van der Waals surface area contributed by atoms with Crippen molar-refractivity contribution in [3.63, 3.8) is 0 Å². The Hall–Kier alpha value is -1.79. The number of hydrogen-bond donors (Lipinski definition) is 1. The molecule has 1 unspecified atom stereocenters. The molecule has 0 radical (unpaired) electrons. The maximum absolute atomic E-state index is 12.6. The van der Waals surface area contributed by atoms with Crippen LogP contribution in [0.25, 0.3) is 0 Å². The van der Waals surface area contributed by atoms with Crippen molar-refractivity contribution in [1.29, 1.82) is 0 Å². The van der Waals surface area contributed by atoms with Gasteiger partial charge in [-0.3, -0.25) is 0 Å². The van der Waals surface area contributed by atoms with Gasteiger partial charge < -0.3 is 14.9 Å². The Bertz CT molecular complexity index is 632. The summed E-state index contributed by atoms with van der Waals surface area (Å²) in [6.07, 6.45) is 1.44. The average Bonchev–Trinajstić information content (AvgIpc) is 2.94. The van der Waals surface area contributed by atoms with Crippen LogP contribution in [0.15, 0.2) is 52.0 Å². The van der Waals surface area contributed by atoms with Crippen LogP contribution in [0.3, 0.4) is 0 Å². The highest BCUT2D eigenvalue weighted by Crippen LogP contribution is 2.29. The van der Waals surface area contributed by atoms with Crippen LogP contribution in [0.4, 0.5) is 0 Å². The third kappa shape index (κ3) is 2.86. The standard InChI is InChI=1S/C14H17NO4S/c1-2-18-11-5-7-12(8-6-11)20(16,17)14(10-15)13-4-3-9-19-13/h3-9,14H,2,10,15H2,1H3. The van der Waals surface area contributed by atoms with E-state index in [1.165, 1.54) is 18.4 Å². The minimum atomic E-state index is -3.58.